The molecule has 0 saturated carbocycles. The Morgan fingerprint density at radius 1 is 1.14 bits per heavy atom. The molecule has 1 aromatic heterocycles. The summed E-state index contributed by atoms with van der Waals surface area (Å²) in [7, 11) is -4.49. The first-order chi connectivity index (χ1) is 16.9. The number of fused-ring (bicyclic) bond motifs is 1. The standard InChI is InChI=1S/C21H17ClF3N5O5S/c22-29-20(26)28-17-11-27-10-13-9-14(6-7-15(13)17)36(33,34)30-16(8-12-4-2-1-3-5-12)18(31)35-19(32)21(23,24)25/h1-7,9-11,16,30H,8H2,(H3,26,28,29)/t16-/m0/s1. The van der Waals surface area contributed by atoms with Gasteiger partial charge in [-0.05, 0) is 24.1 Å². The molecule has 3 aromatic rings. The lowest BCUT2D eigenvalue weighted by atomic mass is 10.1. The number of sulfonamides is 1. The summed E-state index contributed by atoms with van der Waals surface area (Å²) in [5, 5.41) is 3.50. The van der Waals surface area contributed by atoms with E-state index in [9.17, 15) is 31.2 Å². The topological polar surface area (TPSA) is 153 Å². The smallest absolute Gasteiger partial charge is 0.385 e. The molecule has 0 saturated heterocycles. The van der Waals surface area contributed by atoms with Crippen LogP contribution in [0.1, 0.15) is 5.56 Å². The molecule has 0 amide bonds. The summed E-state index contributed by atoms with van der Waals surface area (Å²) in [5.74, 6) is -4.61. The number of carbonyl (C=O) groups is 2. The molecule has 0 spiro atoms. The zero-order chi connectivity index (χ0) is 26.5. The van der Waals surface area contributed by atoms with Crippen molar-refractivity contribution in [2.45, 2.75) is 23.5 Å². The minimum atomic E-state index is -5.44. The van der Waals surface area contributed by atoms with Crippen LogP contribution in [-0.4, -0.2) is 43.5 Å². The van der Waals surface area contributed by atoms with Crippen LogP contribution in [-0.2, 0) is 30.8 Å². The number of nitrogens with zero attached hydrogens (tertiary/aromatic N) is 2. The predicted molar refractivity (Wildman–Crippen MR) is 124 cm³/mol. The highest BCUT2D eigenvalue weighted by Crippen LogP contribution is 2.25. The molecular formula is C21H17ClF3N5O5S. The first kappa shape index (κ1) is 26.8. The van der Waals surface area contributed by atoms with Crippen LogP contribution in [0, 0.1) is 0 Å². The van der Waals surface area contributed by atoms with Gasteiger partial charge < -0.3 is 15.8 Å². The van der Waals surface area contributed by atoms with Crippen LogP contribution in [0.15, 0.2) is 70.3 Å². The van der Waals surface area contributed by atoms with Crippen LogP contribution >= 0.6 is 11.8 Å². The van der Waals surface area contributed by atoms with E-state index in [4.69, 9.17) is 17.5 Å². The van der Waals surface area contributed by atoms with E-state index in [1.54, 1.807) is 18.2 Å². The largest absolute Gasteiger partial charge is 0.491 e. The Bertz CT molecular complexity index is 1420. The lowest BCUT2D eigenvalue weighted by molar-refractivity contribution is -0.202. The van der Waals surface area contributed by atoms with Crippen molar-refractivity contribution >= 4 is 56.2 Å². The number of hydrogen-bond donors (Lipinski definition) is 3. The van der Waals surface area contributed by atoms with Crippen molar-refractivity contribution in [1.82, 2.24) is 9.71 Å². The van der Waals surface area contributed by atoms with Crippen molar-refractivity contribution < 1.29 is 35.9 Å². The second kappa shape index (κ2) is 10.9. The number of guanidine groups is 1. The van der Waals surface area contributed by atoms with Crippen molar-refractivity contribution in [3.8, 4) is 0 Å². The maximum Gasteiger partial charge on any atom is 0.491 e. The Kier molecular flexibility index (Phi) is 8.12. The second-order valence-corrected chi connectivity index (χ2v) is 9.12. The molecule has 0 fully saturated rings. The number of pyridine rings is 1. The zero-order valence-corrected chi connectivity index (χ0v) is 19.6. The van der Waals surface area contributed by atoms with Crippen molar-refractivity contribution in [3.05, 3.63) is 66.5 Å². The van der Waals surface area contributed by atoms with E-state index in [0.29, 0.717) is 22.0 Å². The third-order valence-corrected chi connectivity index (χ3v) is 6.34. The van der Waals surface area contributed by atoms with Crippen LogP contribution in [0.3, 0.4) is 0 Å². The number of carbonyl (C=O) groups excluding carboxylic acids is 2. The number of esters is 2. The van der Waals surface area contributed by atoms with E-state index in [2.05, 4.69) is 19.5 Å². The minimum absolute atomic E-state index is 0.139. The van der Waals surface area contributed by atoms with E-state index in [1.165, 1.54) is 42.7 Å². The Labute approximate surface area is 207 Å². The van der Waals surface area contributed by atoms with E-state index in [1.807, 2.05) is 4.72 Å². The molecule has 0 bridgehead atoms. The van der Waals surface area contributed by atoms with E-state index in [-0.39, 0.29) is 17.3 Å². The summed E-state index contributed by atoms with van der Waals surface area (Å²) in [4.78, 5) is 27.2. The minimum Gasteiger partial charge on any atom is -0.385 e. The van der Waals surface area contributed by atoms with Crippen molar-refractivity contribution in [2.24, 2.45) is 10.2 Å². The maximum absolute atomic E-state index is 13.1. The SMILES string of the molecule is NC(=NCl)Nc1cncc2cc(S(=O)(=O)N[C@@H](Cc3ccccc3)C(=O)OC(=O)C(F)(F)F)ccc12. The number of nitrogens with one attached hydrogen (secondary N) is 2. The Morgan fingerprint density at radius 3 is 2.47 bits per heavy atom. The quantitative estimate of drug-likeness (QED) is 0.178. The van der Waals surface area contributed by atoms with Gasteiger partial charge >= 0.3 is 18.1 Å². The number of rotatable bonds is 7. The van der Waals surface area contributed by atoms with Gasteiger partial charge in [0.1, 0.15) is 6.04 Å². The van der Waals surface area contributed by atoms with Crippen LogP contribution in [0.2, 0.25) is 0 Å². The van der Waals surface area contributed by atoms with Gasteiger partial charge in [-0.25, -0.2) is 18.0 Å². The Hall–Kier alpha value is -3.75. The molecule has 4 N–H and O–H groups in total. The van der Waals surface area contributed by atoms with E-state index in [0.717, 1.165) is 0 Å². The highest BCUT2D eigenvalue weighted by molar-refractivity contribution is 7.89. The van der Waals surface area contributed by atoms with Gasteiger partial charge in [0.15, 0.2) is 0 Å². The van der Waals surface area contributed by atoms with Gasteiger partial charge in [0.2, 0.25) is 16.0 Å². The Morgan fingerprint density at radius 2 is 1.83 bits per heavy atom. The van der Waals surface area contributed by atoms with E-state index >= 15 is 0 Å². The van der Waals surface area contributed by atoms with Crippen molar-refractivity contribution in [3.63, 3.8) is 0 Å². The van der Waals surface area contributed by atoms with Gasteiger partial charge in [-0.2, -0.15) is 17.9 Å². The molecule has 0 aliphatic carbocycles. The molecule has 36 heavy (non-hydrogen) atoms. The number of benzene rings is 2. The van der Waals surface area contributed by atoms with Gasteiger partial charge in [-0.15, -0.1) is 4.51 Å². The molecule has 0 aliphatic heterocycles. The summed E-state index contributed by atoms with van der Waals surface area (Å²) in [6.45, 7) is 0. The van der Waals surface area contributed by atoms with Gasteiger partial charge in [0.25, 0.3) is 0 Å². The maximum atomic E-state index is 13.1. The van der Waals surface area contributed by atoms with Crippen LogP contribution in [0.4, 0.5) is 18.9 Å². The molecule has 0 aliphatic rings. The van der Waals surface area contributed by atoms with Crippen LogP contribution in [0.25, 0.3) is 10.8 Å². The fraction of sp³-hybridized carbons (Fsp3) is 0.143. The second-order valence-electron chi connectivity index (χ2n) is 7.23. The highest BCUT2D eigenvalue weighted by atomic mass is 35.5. The van der Waals surface area contributed by atoms with Crippen LogP contribution in [0.5, 0.6) is 0 Å². The van der Waals surface area contributed by atoms with Gasteiger partial charge in [-0.3, -0.25) is 4.98 Å². The lowest BCUT2D eigenvalue weighted by Crippen LogP contribution is -2.45. The third kappa shape index (κ3) is 6.68. The number of anilines is 1. The molecular weight excluding hydrogens is 527 g/mol. The predicted octanol–water partition coefficient (Wildman–Crippen LogP) is 2.64. The number of hydrogen-bond acceptors (Lipinski definition) is 7. The monoisotopic (exact) mass is 543 g/mol. The number of ether oxygens (including phenoxy) is 1. The fourth-order valence-electron chi connectivity index (χ4n) is 3.08. The summed E-state index contributed by atoms with van der Waals surface area (Å²) in [6.07, 6.45) is -3.08. The number of halogens is 4. The fourth-order valence-corrected chi connectivity index (χ4v) is 4.34. The summed E-state index contributed by atoms with van der Waals surface area (Å²) in [5.41, 5.74) is 6.30. The van der Waals surface area contributed by atoms with Gasteiger partial charge in [-0.1, -0.05) is 36.4 Å². The average Bonchev–Trinajstić information content (AvgIpc) is 2.83. The normalized spacial score (nSPS) is 13.3. The molecule has 15 heteroatoms. The first-order valence-corrected chi connectivity index (χ1v) is 11.7. The third-order valence-electron chi connectivity index (χ3n) is 4.68. The molecule has 1 atom stereocenters. The lowest BCUT2D eigenvalue weighted by Gasteiger charge is -2.18. The van der Waals surface area contributed by atoms with Gasteiger partial charge in [0, 0.05) is 28.7 Å². The van der Waals surface area contributed by atoms with Crippen LogP contribution < -0.4 is 15.8 Å². The van der Waals surface area contributed by atoms with Gasteiger partial charge in [0.05, 0.1) is 16.8 Å². The Balaban J connectivity index is 1.93. The zero-order valence-electron chi connectivity index (χ0n) is 18.0. The van der Waals surface area contributed by atoms with Crippen molar-refractivity contribution in [1.29, 1.82) is 0 Å². The summed E-state index contributed by atoms with van der Waals surface area (Å²) >= 11 is 5.30. The highest BCUT2D eigenvalue weighted by Gasteiger charge is 2.43. The molecule has 0 unspecified atom stereocenters. The number of alkyl halides is 3. The molecule has 3 rings (SSSR count). The average molecular weight is 544 g/mol. The molecule has 1 heterocycles. The van der Waals surface area contributed by atoms with Crippen molar-refractivity contribution in [2.75, 3.05) is 5.32 Å². The number of nitrogens with two attached hydrogens (primary N) is 1. The first-order valence-electron chi connectivity index (χ1n) is 9.89. The molecule has 2 aromatic carbocycles. The number of aromatic nitrogens is 1. The molecule has 0 radical (unpaired) electrons. The summed E-state index contributed by atoms with van der Waals surface area (Å²) in [6, 6.07) is 9.82. The summed E-state index contributed by atoms with van der Waals surface area (Å²) < 4.78 is 73.0. The molecule has 190 valence electrons. The molecule has 10 nitrogen and oxygen atoms in total. The van der Waals surface area contributed by atoms with E-state index < -0.39 is 34.2 Å².